The number of benzene rings is 1. The van der Waals surface area contributed by atoms with Gasteiger partial charge in [0.25, 0.3) is 0 Å². The lowest BCUT2D eigenvalue weighted by Crippen LogP contribution is -2.50. The number of hydrogen-bond donors (Lipinski definition) is 3. The molecular formula is C15H23N3O3. The van der Waals surface area contributed by atoms with E-state index < -0.39 is 6.10 Å². The summed E-state index contributed by atoms with van der Waals surface area (Å²) in [6.45, 7) is 5.37. The summed E-state index contributed by atoms with van der Waals surface area (Å²) in [4.78, 5) is 16.1. The van der Waals surface area contributed by atoms with Crippen molar-refractivity contribution < 1.29 is 15.0 Å². The first kappa shape index (κ1) is 15.8. The van der Waals surface area contributed by atoms with Crippen LogP contribution in [0.3, 0.4) is 0 Å². The molecule has 0 spiro atoms. The fraction of sp³-hybridized carbons (Fsp3) is 0.533. The monoisotopic (exact) mass is 293 g/mol. The minimum atomic E-state index is -0.552. The van der Waals surface area contributed by atoms with E-state index in [0.717, 1.165) is 18.7 Å². The Morgan fingerprint density at radius 2 is 2.05 bits per heavy atom. The molecule has 1 saturated heterocycles. The molecule has 0 radical (unpaired) electrons. The van der Waals surface area contributed by atoms with Crippen molar-refractivity contribution in [1.29, 1.82) is 0 Å². The van der Waals surface area contributed by atoms with Crippen molar-refractivity contribution in [3.05, 3.63) is 29.8 Å². The smallest absolute Gasteiger partial charge is 0.321 e. The lowest BCUT2D eigenvalue weighted by molar-refractivity contribution is 0.127. The number of aliphatic hydroxyl groups is 2. The van der Waals surface area contributed by atoms with E-state index in [9.17, 15) is 9.90 Å². The second kappa shape index (κ2) is 7.40. The Morgan fingerprint density at radius 1 is 1.33 bits per heavy atom. The standard InChI is InChI=1S/C15H23N3O3/c1-12(20)13-3-2-4-14(11-13)16-15(21)18-7-5-17(6-8-18)9-10-19/h2-4,11-12,19-20H,5-10H2,1H3,(H,16,21). The number of piperazine rings is 1. The summed E-state index contributed by atoms with van der Waals surface area (Å²) < 4.78 is 0. The van der Waals surface area contributed by atoms with E-state index in [1.54, 1.807) is 17.9 Å². The van der Waals surface area contributed by atoms with Crippen molar-refractivity contribution in [1.82, 2.24) is 9.80 Å². The zero-order valence-electron chi connectivity index (χ0n) is 12.3. The van der Waals surface area contributed by atoms with Crippen molar-refractivity contribution in [2.24, 2.45) is 0 Å². The van der Waals surface area contributed by atoms with Crippen LogP contribution in [-0.2, 0) is 0 Å². The van der Waals surface area contributed by atoms with Crippen LogP contribution in [0.5, 0.6) is 0 Å². The predicted octanol–water partition coefficient (Wildman–Crippen LogP) is 0.882. The number of carbonyl (C=O) groups is 1. The Morgan fingerprint density at radius 3 is 2.67 bits per heavy atom. The molecule has 1 unspecified atom stereocenters. The molecule has 1 atom stereocenters. The van der Waals surface area contributed by atoms with Crippen molar-refractivity contribution in [3.8, 4) is 0 Å². The number of β-amino-alcohol motifs (C(OH)–C–C–N with tert-alkyl or cyclic N) is 1. The van der Waals surface area contributed by atoms with E-state index in [1.807, 2.05) is 18.2 Å². The van der Waals surface area contributed by atoms with E-state index in [0.29, 0.717) is 25.3 Å². The first-order chi connectivity index (χ1) is 10.1. The molecule has 3 N–H and O–H groups in total. The molecule has 6 heteroatoms. The van der Waals surface area contributed by atoms with E-state index in [2.05, 4.69) is 10.2 Å². The van der Waals surface area contributed by atoms with Crippen LogP contribution >= 0.6 is 0 Å². The lowest BCUT2D eigenvalue weighted by Gasteiger charge is -2.34. The van der Waals surface area contributed by atoms with E-state index in [-0.39, 0.29) is 12.6 Å². The summed E-state index contributed by atoms with van der Waals surface area (Å²) in [6.07, 6.45) is -0.552. The molecule has 6 nitrogen and oxygen atoms in total. The van der Waals surface area contributed by atoms with Gasteiger partial charge in [-0.2, -0.15) is 0 Å². The first-order valence-corrected chi connectivity index (χ1v) is 7.27. The van der Waals surface area contributed by atoms with Gasteiger partial charge in [0, 0.05) is 38.4 Å². The van der Waals surface area contributed by atoms with Crippen LogP contribution in [0.1, 0.15) is 18.6 Å². The van der Waals surface area contributed by atoms with Gasteiger partial charge >= 0.3 is 6.03 Å². The van der Waals surface area contributed by atoms with Crippen molar-refractivity contribution in [2.45, 2.75) is 13.0 Å². The maximum Gasteiger partial charge on any atom is 0.321 e. The summed E-state index contributed by atoms with van der Waals surface area (Å²) in [5, 5.41) is 21.3. The van der Waals surface area contributed by atoms with Gasteiger partial charge in [0.15, 0.2) is 0 Å². The minimum Gasteiger partial charge on any atom is -0.395 e. The van der Waals surface area contributed by atoms with Gasteiger partial charge in [0.1, 0.15) is 0 Å². The topological polar surface area (TPSA) is 76.0 Å². The average Bonchev–Trinajstić information content (AvgIpc) is 2.48. The zero-order chi connectivity index (χ0) is 15.2. The molecule has 1 aliphatic heterocycles. The van der Waals surface area contributed by atoms with Crippen LogP contribution in [0.15, 0.2) is 24.3 Å². The van der Waals surface area contributed by atoms with Crippen molar-refractivity contribution >= 4 is 11.7 Å². The number of nitrogens with one attached hydrogen (secondary N) is 1. The number of carbonyl (C=O) groups excluding carboxylic acids is 1. The molecule has 0 aliphatic carbocycles. The molecule has 1 aliphatic rings. The highest BCUT2D eigenvalue weighted by Gasteiger charge is 2.20. The van der Waals surface area contributed by atoms with Gasteiger partial charge in [-0.25, -0.2) is 4.79 Å². The molecule has 1 aromatic rings. The molecule has 0 saturated carbocycles. The van der Waals surface area contributed by atoms with Crippen LogP contribution in [-0.4, -0.2) is 65.4 Å². The number of amides is 2. The van der Waals surface area contributed by atoms with E-state index >= 15 is 0 Å². The van der Waals surface area contributed by atoms with Crippen LogP contribution in [0.25, 0.3) is 0 Å². The normalized spacial score (nSPS) is 17.6. The third-order valence-corrected chi connectivity index (χ3v) is 3.70. The average molecular weight is 293 g/mol. The Kier molecular flexibility index (Phi) is 5.55. The molecule has 21 heavy (non-hydrogen) atoms. The minimum absolute atomic E-state index is 0.124. The van der Waals surface area contributed by atoms with Crippen LogP contribution < -0.4 is 5.32 Å². The fourth-order valence-corrected chi connectivity index (χ4v) is 2.39. The third-order valence-electron chi connectivity index (χ3n) is 3.70. The molecule has 1 aromatic carbocycles. The molecule has 116 valence electrons. The summed E-state index contributed by atoms with van der Waals surface area (Å²) in [6, 6.07) is 7.11. The SMILES string of the molecule is CC(O)c1cccc(NC(=O)N2CCN(CCO)CC2)c1. The van der Waals surface area contributed by atoms with Crippen LogP contribution in [0.2, 0.25) is 0 Å². The number of urea groups is 1. The van der Waals surface area contributed by atoms with Crippen molar-refractivity contribution in [3.63, 3.8) is 0 Å². The second-order valence-electron chi connectivity index (χ2n) is 5.28. The van der Waals surface area contributed by atoms with E-state index in [1.165, 1.54) is 0 Å². The maximum atomic E-state index is 12.2. The quantitative estimate of drug-likeness (QED) is 0.770. The van der Waals surface area contributed by atoms with Crippen LogP contribution in [0.4, 0.5) is 10.5 Å². The molecule has 1 heterocycles. The largest absolute Gasteiger partial charge is 0.395 e. The summed E-state index contributed by atoms with van der Waals surface area (Å²) in [5.74, 6) is 0. The number of nitrogens with zero attached hydrogens (tertiary/aromatic N) is 2. The highest BCUT2D eigenvalue weighted by molar-refractivity contribution is 5.89. The third kappa shape index (κ3) is 4.42. The lowest BCUT2D eigenvalue weighted by atomic mass is 10.1. The zero-order valence-corrected chi connectivity index (χ0v) is 12.3. The highest BCUT2D eigenvalue weighted by atomic mass is 16.3. The van der Waals surface area contributed by atoms with E-state index in [4.69, 9.17) is 5.11 Å². The number of rotatable bonds is 4. The molecule has 1 fully saturated rings. The van der Waals surface area contributed by atoms with Gasteiger partial charge in [-0.05, 0) is 24.6 Å². The van der Waals surface area contributed by atoms with Gasteiger partial charge in [0.05, 0.1) is 12.7 Å². The second-order valence-corrected chi connectivity index (χ2v) is 5.28. The molecule has 0 bridgehead atoms. The Labute approximate surface area is 125 Å². The Bertz CT molecular complexity index is 471. The first-order valence-electron chi connectivity index (χ1n) is 7.27. The molecule has 0 aromatic heterocycles. The summed E-state index contributed by atoms with van der Waals surface area (Å²) in [5.41, 5.74) is 1.47. The number of anilines is 1. The van der Waals surface area contributed by atoms with Crippen LogP contribution in [0, 0.1) is 0 Å². The Balaban J connectivity index is 1.89. The Hall–Kier alpha value is -1.63. The van der Waals surface area contributed by atoms with Gasteiger partial charge < -0.3 is 20.4 Å². The van der Waals surface area contributed by atoms with Gasteiger partial charge in [-0.1, -0.05) is 12.1 Å². The van der Waals surface area contributed by atoms with Gasteiger partial charge in [0.2, 0.25) is 0 Å². The molecular weight excluding hydrogens is 270 g/mol. The fourth-order valence-electron chi connectivity index (χ4n) is 2.39. The maximum absolute atomic E-state index is 12.2. The highest BCUT2D eigenvalue weighted by Crippen LogP contribution is 2.17. The number of hydrogen-bond acceptors (Lipinski definition) is 4. The summed E-state index contributed by atoms with van der Waals surface area (Å²) >= 11 is 0. The van der Waals surface area contributed by atoms with Crippen molar-refractivity contribution in [2.75, 3.05) is 44.6 Å². The van der Waals surface area contributed by atoms with Gasteiger partial charge in [-0.3, -0.25) is 4.90 Å². The summed E-state index contributed by atoms with van der Waals surface area (Å²) in [7, 11) is 0. The number of aliphatic hydroxyl groups excluding tert-OH is 2. The predicted molar refractivity (Wildman–Crippen MR) is 81.2 cm³/mol. The molecule has 2 amide bonds. The molecule has 2 rings (SSSR count). The van der Waals surface area contributed by atoms with Gasteiger partial charge in [-0.15, -0.1) is 0 Å².